The molecule has 4 aromatic rings. The Hall–Kier alpha value is -3.14. The van der Waals surface area contributed by atoms with E-state index in [1.807, 2.05) is 6.92 Å². The lowest BCUT2D eigenvalue weighted by molar-refractivity contribution is 0.598. The topological polar surface area (TPSA) is 42.7 Å². The Labute approximate surface area is 165 Å². The Kier molecular flexibility index (Phi) is 4.12. The van der Waals surface area contributed by atoms with Gasteiger partial charge in [0, 0.05) is 30.4 Å². The standard InChI is InChI=1S/C24H24N4/c1-16-25-22(19-11-10-18-12-13-28(2)23(18)14-19)15-24(26-16)27-21-9-5-7-17-6-3-4-8-20(17)21/h3-4,6,8,10-15,21H,5,7,9H2,1-2H3,(H,25,26,27)/t21-/m1/s1. The fourth-order valence-electron chi connectivity index (χ4n) is 4.29. The van der Waals surface area contributed by atoms with Gasteiger partial charge < -0.3 is 9.88 Å². The molecule has 0 radical (unpaired) electrons. The first-order valence-corrected chi connectivity index (χ1v) is 9.93. The zero-order valence-electron chi connectivity index (χ0n) is 16.3. The number of hydrogen-bond donors (Lipinski definition) is 1. The molecule has 1 atom stereocenters. The third kappa shape index (κ3) is 3.05. The van der Waals surface area contributed by atoms with Gasteiger partial charge in [0.2, 0.25) is 0 Å². The normalized spacial score (nSPS) is 16.1. The van der Waals surface area contributed by atoms with Crippen LogP contribution in [-0.2, 0) is 13.5 Å². The fraction of sp³-hybridized carbons (Fsp3) is 0.250. The summed E-state index contributed by atoms with van der Waals surface area (Å²) >= 11 is 0. The summed E-state index contributed by atoms with van der Waals surface area (Å²) in [7, 11) is 2.07. The van der Waals surface area contributed by atoms with E-state index in [0.29, 0.717) is 6.04 Å². The summed E-state index contributed by atoms with van der Waals surface area (Å²) in [4.78, 5) is 9.37. The van der Waals surface area contributed by atoms with Gasteiger partial charge in [-0.25, -0.2) is 9.97 Å². The molecule has 0 aliphatic heterocycles. The van der Waals surface area contributed by atoms with Crippen molar-refractivity contribution in [1.82, 2.24) is 14.5 Å². The number of fused-ring (bicyclic) bond motifs is 2. The maximum Gasteiger partial charge on any atom is 0.130 e. The average molecular weight is 368 g/mol. The molecule has 5 rings (SSSR count). The molecule has 0 spiro atoms. The number of benzene rings is 2. The predicted molar refractivity (Wildman–Crippen MR) is 114 cm³/mol. The molecule has 2 heterocycles. The van der Waals surface area contributed by atoms with E-state index in [2.05, 4.69) is 82.7 Å². The van der Waals surface area contributed by atoms with Crippen LogP contribution in [-0.4, -0.2) is 14.5 Å². The van der Waals surface area contributed by atoms with Crippen LogP contribution in [0.15, 0.2) is 60.8 Å². The van der Waals surface area contributed by atoms with Crippen molar-refractivity contribution in [3.05, 3.63) is 77.7 Å². The molecule has 0 bridgehead atoms. The van der Waals surface area contributed by atoms with Crippen LogP contribution < -0.4 is 5.32 Å². The molecule has 1 N–H and O–H groups in total. The van der Waals surface area contributed by atoms with Crippen LogP contribution in [0.2, 0.25) is 0 Å². The molecular formula is C24H24N4. The van der Waals surface area contributed by atoms with E-state index >= 15 is 0 Å². The van der Waals surface area contributed by atoms with Crippen molar-refractivity contribution in [1.29, 1.82) is 0 Å². The molecule has 0 fully saturated rings. The lowest BCUT2D eigenvalue weighted by atomic mass is 9.88. The molecule has 0 amide bonds. The largest absolute Gasteiger partial charge is 0.363 e. The van der Waals surface area contributed by atoms with E-state index in [1.165, 1.54) is 34.9 Å². The summed E-state index contributed by atoms with van der Waals surface area (Å²) in [6.07, 6.45) is 5.59. The van der Waals surface area contributed by atoms with Crippen LogP contribution in [0.1, 0.15) is 35.8 Å². The second-order valence-electron chi connectivity index (χ2n) is 7.67. The molecule has 0 saturated heterocycles. The molecule has 0 saturated carbocycles. The number of rotatable bonds is 3. The van der Waals surface area contributed by atoms with Gasteiger partial charge in [-0.05, 0) is 54.8 Å². The van der Waals surface area contributed by atoms with Crippen LogP contribution in [0.3, 0.4) is 0 Å². The first kappa shape index (κ1) is 17.0. The lowest BCUT2D eigenvalue weighted by Gasteiger charge is -2.27. The minimum Gasteiger partial charge on any atom is -0.363 e. The number of aromatic nitrogens is 3. The summed E-state index contributed by atoms with van der Waals surface area (Å²) < 4.78 is 2.14. The zero-order valence-corrected chi connectivity index (χ0v) is 16.3. The first-order valence-electron chi connectivity index (χ1n) is 9.93. The summed E-state index contributed by atoms with van der Waals surface area (Å²) in [6, 6.07) is 19.8. The van der Waals surface area contributed by atoms with Crippen molar-refractivity contribution < 1.29 is 0 Å². The van der Waals surface area contributed by atoms with E-state index in [1.54, 1.807) is 0 Å². The maximum absolute atomic E-state index is 4.70. The van der Waals surface area contributed by atoms with Gasteiger partial charge in [0.1, 0.15) is 11.6 Å². The van der Waals surface area contributed by atoms with E-state index in [0.717, 1.165) is 29.3 Å². The predicted octanol–water partition coefficient (Wildman–Crippen LogP) is 5.43. The number of aryl methyl sites for hydroxylation is 3. The highest BCUT2D eigenvalue weighted by Crippen LogP contribution is 2.33. The molecule has 4 heteroatoms. The Morgan fingerprint density at radius 2 is 1.93 bits per heavy atom. The lowest BCUT2D eigenvalue weighted by Crippen LogP contribution is -2.18. The SMILES string of the molecule is Cc1nc(N[C@@H]2CCCc3ccccc32)cc(-c2ccc3ccn(C)c3c2)n1. The van der Waals surface area contributed by atoms with E-state index in [9.17, 15) is 0 Å². The minimum atomic E-state index is 0.308. The van der Waals surface area contributed by atoms with Gasteiger partial charge in [-0.2, -0.15) is 0 Å². The van der Waals surface area contributed by atoms with Crippen molar-refractivity contribution in [2.45, 2.75) is 32.2 Å². The van der Waals surface area contributed by atoms with Gasteiger partial charge in [0.05, 0.1) is 11.7 Å². The van der Waals surface area contributed by atoms with Crippen LogP contribution in [0, 0.1) is 6.92 Å². The highest BCUT2D eigenvalue weighted by molar-refractivity contribution is 5.85. The molecule has 1 aliphatic rings. The molecule has 2 aromatic carbocycles. The highest BCUT2D eigenvalue weighted by atomic mass is 15.0. The van der Waals surface area contributed by atoms with Crippen molar-refractivity contribution in [3.8, 4) is 11.3 Å². The van der Waals surface area contributed by atoms with Crippen LogP contribution in [0.4, 0.5) is 5.82 Å². The van der Waals surface area contributed by atoms with Gasteiger partial charge in [0.15, 0.2) is 0 Å². The maximum atomic E-state index is 4.70. The number of anilines is 1. The second-order valence-corrected chi connectivity index (χ2v) is 7.67. The van der Waals surface area contributed by atoms with Crippen LogP contribution in [0.5, 0.6) is 0 Å². The Bertz CT molecular complexity index is 1160. The van der Waals surface area contributed by atoms with Crippen LogP contribution in [0.25, 0.3) is 22.2 Å². The second kappa shape index (κ2) is 6.79. The Morgan fingerprint density at radius 3 is 2.86 bits per heavy atom. The average Bonchev–Trinajstić information content (AvgIpc) is 3.08. The summed E-state index contributed by atoms with van der Waals surface area (Å²) in [5, 5.41) is 4.92. The smallest absolute Gasteiger partial charge is 0.130 e. The van der Waals surface area contributed by atoms with Gasteiger partial charge in [-0.15, -0.1) is 0 Å². The van der Waals surface area contributed by atoms with Gasteiger partial charge in [-0.1, -0.05) is 36.4 Å². The Balaban J connectivity index is 1.50. The van der Waals surface area contributed by atoms with E-state index in [-0.39, 0.29) is 0 Å². The molecule has 1 aliphatic carbocycles. The molecule has 28 heavy (non-hydrogen) atoms. The van der Waals surface area contributed by atoms with E-state index < -0.39 is 0 Å². The molecule has 4 nitrogen and oxygen atoms in total. The molecule has 2 aromatic heterocycles. The first-order chi connectivity index (χ1) is 13.7. The van der Waals surface area contributed by atoms with Gasteiger partial charge in [0.25, 0.3) is 0 Å². The third-order valence-electron chi connectivity index (χ3n) is 5.71. The van der Waals surface area contributed by atoms with Crippen LogP contribution >= 0.6 is 0 Å². The third-order valence-corrected chi connectivity index (χ3v) is 5.71. The minimum absolute atomic E-state index is 0.308. The summed E-state index contributed by atoms with van der Waals surface area (Å²) in [5.74, 6) is 1.69. The molecular weight excluding hydrogens is 344 g/mol. The fourth-order valence-corrected chi connectivity index (χ4v) is 4.29. The number of nitrogens with one attached hydrogen (secondary N) is 1. The van der Waals surface area contributed by atoms with Crippen molar-refractivity contribution in [3.63, 3.8) is 0 Å². The van der Waals surface area contributed by atoms with Crippen molar-refractivity contribution >= 4 is 16.7 Å². The van der Waals surface area contributed by atoms with Crippen molar-refractivity contribution in [2.75, 3.05) is 5.32 Å². The quantitative estimate of drug-likeness (QED) is 0.524. The Morgan fingerprint density at radius 1 is 1.04 bits per heavy atom. The number of hydrogen-bond acceptors (Lipinski definition) is 3. The highest BCUT2D eigenvalue weighted by Gasteiger charge is 2.20. The van der Waals surface area contributed by atoms with E-state index in [4.69, 9.17) is 4.98 Å². The van der Waals surface area contributed by atoms with Crippen molar-refractivity contribution in [2.24, 2.45) is 7.05 Å². The zero-order chi connectivity index (χ0) is 19.1. The van der Waals surface area contributed by atoms with Gasteiger partial charge in [-0.3, -0.25) is 0 Å². The van der Waals surface area contributed by atoms with Gasteiger partial charge >= 0.3 is 0 Å². The summed E-state index contributed by atoms with van der Waals surface area (Å²) in [6.45, 7) is 1.96. The molecule has 0 unspecified atom stereocenters. The number of nitrogens with zero attached hydrogens (tertiary/aromatic N) is 3. The monoisotopic (exact) mass is 368 g/mol. The summed E-state index contributed by atoms with van der Waals surface area (Å²) in [5.41, 5.74) is 6.14. The molecule has 140 valence electrons.